The molecule has 16 heavy (non-hydrogen) atoms. The third-order valence-electron chi connectivity index (χ3n) is 5.16. The smallest absolute Gasteiger partial charge is 0.303 e. The maximum Gasteiger partial charge on any atom is 0.303 e. The van der Waals surface area contributed by atoms with Crippen LogP contribution in [0.2, 0.25) is 0 Å². The predicted molar refractivity (Wildman–Crippen MR) is 56.7 cm³/mol. The molecule has 4 aliphatic rings. The summed E-state index contributed by atoms with van der Waals surface area (Å²) in [5.74, 6) is 2.37. The molecule has 2 saturated heterocycles. The minimum Gasteiger partial charge on any atom is -0.481 e. The Morgan fingerprint density at radius 3 is 2.75 bits per heavy atom. The second-order valence-electron chi connectivity index (χ2n) is 5.84. The van der Waals surface area contributed by atoms with Crippen molar-refractivity contribution in [3.8, 4) is 0 Å². The number of aliphatic carboxylic acids is 1. The minimum absolute atomic E-state index is 0.242. The minimum atomic E-state index is -0.670. The number of carboxylic acids is 1. The Balaban J connectivity index is 1.61. The van der Waals surface area contributed by atoms with Gasteiger partial charge in [-0.15, -0.1) is 0 Å². The lowest BCUT2D eigenvalue weighted by Gasteiger charge is -2.32. The average Bonchev–Trinajstić information content (AvgIpc) is 2.93. The van der Waals surface area contributed by atoms with Crippen molar-refractivity contribution in [3.05, 3.63) is 12.2 Å². The molecule has 0 aromatic heterocycles. The Kier molecular flexibility index (Phi) is 1.67. The molecule has 3 nitrogen and oxygen atoms in total. The Bertz CT molecular complexity index is 375. The lowest BCUT2D eigenvalue weighted by molar-refractivity contribution is -0.138. The summed E-state index contributed by atoms with van der Waals surface area (Å²) in [6.45, 7) is 0. The number of rotatable bonds is 2. The van der Waals surface area contributed by atoms with Crippen LogP contribution in [0.3, 0.4) is 0 Å². The van der Waals surface area contributed by atoms with Crippen LogP contribution in [0.15, 0.2) is 12.2 Å². The van der Waals surface area contributed by atoms with Gasteiger partial charge in [0, 0.05) is 0 Å². The molecule has 2 aliphatic carbocycles. The molecule has 0 spiro atoms. The van der Waals surface area contributed by atoms with E-state index in [1.54, 1.807) is 0 Å². The van der Waals surface area contributed by atoms with Crippen molar-refractivity contribution >= 4 is 5.97 Å². The summed E-state index contributed by atoms with van der Waals surface area (Å²) in [5.41, 5.74) is 0. The van der Waals surface area contributed by atoms with Crippen molar-refractivity contribution in [2.45, 2.75) is 31.5 Å². The highest BCUT2D eigenvalue weighted by Crippen LogP contribution is 2.61. The van der Waals surface area contributed by atoms with Crippen molar-refractivity contribution in [2.24, 2.45) is 29.6 Å². The molecule has 3 heteroatoms. The van der Waals surface area contributed by atoms with Gasteiger partial charge in [-0.25, -0.2) is 0 Å². The molecule has 4 bridgehead atoms. The van der Waals surface area contributed by atoms with E-state index in [-0.39, 0.29) is 12.0 Å². The van der Waals surface area contributed by atoms with E-state index >= 15 is 0 Å². The number of carboxylic acid groups (broad SMARTS) is 1. The van der Waals surface area contributed by atoms with Crippen LogP contribution in [0.25, 0.3) is 0 Å². The monoisotopic (exact) mass is 220 g/mol. The van der Waals surface area contributed by atoms with E-state index in [1.165, 1.54) is 6.42 Å². The fraction of sp³-hybridized carbons (Fsp3) is 0.769. The Labute approximate surface area is 94.5 Å². The van der Waals surface area contributed by atoms with Gasteiger partial charge in [0.15, 0.2) is 0 Å². The van der Waals surface area contributed by atoms with E-state index in [0.29, 0.717) is 30.3 Å². The molecule has 4 rings (SSSR count). The molecule has 0 radical (unpaired) electrons. The van der Waals surface area contributed by atoms with Crippen molar-refractivity contribution in [2.75, 3.05) is 0 Å². The zero-order chi connectivity index (χ0) is 10.9. The molecule has 2 heterocycles. The molecular formula is C13H16O3. The van der Waals surface area contributed by atoms with E-state index < -0.39 is 5.97 Å². The maximum absolute atomic E-state index is 10.8. The van der Waals surface area contributed by atoms with Gasteiger partial charge in [0.1, 0.15) is 0 Å². The summed E-state index contributed by atoms with van der Waals surface area (Å²) in [7, 11) is 0. The molecule has 1 saturated carbocycles. The molecule has 7 unspecified atom stereocenters. The Morgan fingerprint density at radius 2 is 2.00 bits per heavy atom. The van der Waals surface area contributed by atoms with Crippen LogP contribution in [-0.2, 0) is 9.53 Å². The van der Waals surface area contributed by atoms with E-state index in [1.807, 2.05) is 0 Å². The highest BCUT2D eigenvalue weighted by Gasteiger charge is 2.62. The van der Waals surface area contributed by atoms with Gasteiger partial charge in [0.25, 0.3) is 0 Å². The topological polar surface area (TPSA) is 46.5 Å². The van der Waals surface area contributed by atoms with Crippen molar-refractivity contribution < 1.29 is 14.6 Å². The first-order valence-electron chi connectivity index (χ1n) is 6.29. The maximum atomic E-state index is 10.8. The Hall–Kier alpha value is -0.830. The van der Waals surface area contributed by atoms with Gasteiger partial charge in [0.2, 0.25) is 0 Å². The van der Waals surface area contributed by atoms with Crippen molar-refractivity contribution in [1.29, 1.82) is 0 Å². The fourth-order valence-electron chi connectivity index (χ4n) is 4.76. The van der Waals surface area contributed by atoms with Gasteiger partial charge in [-0.05, 0) is 42.4 Å². The molecule has 2 aliphatic heterocycles. The summed E-state index contributed by atoms with van der Waals surface area (Å²) in [4.78, 5) is 10.8. The van der Waals surface area contributed by atoms with E-state index in [0.717, 1.165) is 12.3 Å². The molecular weight excluding hydrogens is 204 g/mol. The second kappa shape index (κ2) is 2.89. The molecule has 7 atom stereocenters. The molecule has 3 fully saturated rings. The summed E-state index contributed by atoms with van der Waals surface area (Å²) in [6, 6.07) is 0. The summed E-state index contributed by atoms with van der Waals surface area (Å²) in [5, 5.41) is 8.90. The average molecular weight is 220 g/mol. The third kappa shape index (κ3) is 1.000. The number of allylic oxidation sites excluding steroid dienone is 2. The first-order valence-corrected chi connectivity index (χ1v) is 6.29. The zero-order valence-electron chi connectivity index (χ0n) is 9.08. The van der Waals surface area contributed by atoms with Gasteiger partial charge in [-0.1, -0.05) is 12.2 Å². The van der Waals surface area contributed by atoms with Crippen molar-refractivity contribution in [3.63, 3.8) is 0 Å². The molecule has 1 N–H and O–H groups in total. The lowest BCUT2D eigenvalue weighted by Crippen LogP contribution is -2.36. The van der Waals surface area contributed by atoms with Crippen LogP contribution in [0.4, 0.5) is 0 Å². The van der Waals surface area contributed by atoms with Crippen LogP contribution in [0, 0.1) is 29.6 Å². The Morgan fingerprint density at radius 1 is 1.25 bits per heavy atom. The van der Waals surface area contributed by atoms with Gasteiger partial charge >= 0.3 is 5.97 Å². The highest BCUT2D eigenvalue weighted by molar-refractivity contribution is 5.67. The summed E-state index contributed by atoms with van der Waals surface area (Å²) in [6.07, 6.45) is 7.88. The zero-order valence-corrected chi connectivity index (χ0v) is 9.08. The van der Waals surface area contributed by atoms with Gasteiger partial charge in [-0.3, -0.25) is 4.79 Å². The van der Waals surface area contributed by atoms with E-state index in [2.05, 4.69) is 12.2 Å². The highest BCUT2D eigenvalue weighted by atomic mass is 16.5. The van der Waals surface area contributed by atoms with Crippen LogP contribution in [-0.4, -0.2) is 23.3 Å². The van der Waals surface area contributed by atoms with Gasteiger partial charge in [0.05, 0.1) is 18.6 Å². The predicted octanol–water partition coefficient (Wildman–Crippen LogP) is 1.69. The SMILES string of the molecule is O=C(O)CC1CC2OC1C1C3C=CC(C3)C21. The number of hydrogen-bond acceptors (Lipinski definition) is 2. The number of fused-ring (bicyclic) bond motifs is 9. The summed E-state index contributed by atoms with van der Waals surface area (Å²) < 4.78 is 6.03. The first-order chi connectivity index (χ1) is 7.74. The van der Waals surface area contributed by atoms with E-state index in [4.69, 9.17) is 9.84 Å². The summed E-state index contributed by atoms with van der Waals surface area (Å²) >= 11 is 0. The standard InChI is InChI=1S/C13H16O3/c14-10(15)5-8-4-9-11-6-1-2-7(3-6)12(11)13(8)16-9/h1-2,6-9,11-13H,3-5H2,(H,14,15). The van der Waals surface area contributed by atoms with Crippen LogP contribution in [0.5, 0.6) is 0 Å². The van der Waals surface area contributed by atoms with E-state index in [9.17, 15) is 4.79 Å². The van der Waals surface area contributed by atoms with Crippen LogP contribution < -0.4 is 0 Å². The number of carbonyl (C=O) groups is 1. The van der Waals surface area contributed by atoms with Gasteiger partial charge in [-0.2, -0.15) is 0 Å². The molecule has 86 valence electrons. The quantitative estimate of drug-likeness (QED) is 0.720. The van der Waals surface area contributed by atoms with Crippen molar-refractivity contribution in [1.82, 2.24) is 0 Å². The normalized spacial score (nSPS) is 55.9. The molecule has 0 aromatic rings. The van der Waals surface area contributed by atoms with Crippen LogP contribution in [0.1, 0.15) is 19.3 Å². The first kappa shape index (κ1) is 9.23. The molecule has 0 amide bonds. The second-order valence-corrected chi connectivity index (χ2v) is 5.84. The molecule has 0 aromatic carbocycles. The number of hydrogen-bond donors (Lipinski definition) is 1. The van der Waals surface area contributed by atoms with Crippen LogP contribution >= 0.6 is 0 Å². The largest absolute Gasteiger partial charge is 0.481 e. The lowest BCUT2D eigenvalue weighted by atomic mass is 9.69. The fourth-order valence-corrected chi connectivity index (χ4v) is 4.76. The van der Waals surface area contributed by atoms with Gasteiger partial charge < -0.3 is 9.84 Å². The number of ether oxygens (including phenoxy) is 1. The third-order valence-corrected chi connectivity index (χ3v) is 5.16.